The number of hydrogen-bond acceptors (Lipinski definition) is 3. The van der Waals surface area contributed by atoms with E-state index in [2.05, 4.69) is 26.1 Å². The second-order valence-electron chi connectivity index (χ2n) is 8.28. The van der Waals surface area contributed by atoms with E-state index in [1.54, 1.807) is 24.3 Å². The molecule has 0 aromatic heterocycles. The lowest BCUT2D eigenvalue weighted by molar-refractivity contribution is 0.00359. The molecule has 5 heteroatoms. The molecule has 1 atom stereocenters. The van der Waals surface area contributed by atoms with Crippen molar-refractivity contribution in [2.75, 3.05) is 25.1 Å². The number of morpholine rings is 1. The van der Waals surface area contributed by atoms with Gasteiger partial charge in [-0.25, -0.2) is 0 Å². The maximum absolute atomic E-state index is 12.8. The molecule has 1 unspecified atom stereocenters. The first kappa shape index (κ1) is 20.1. The molecule has 2 aromatic rings. The minimum atomic E-state index is -0.190. The minimum Gasteiger partial charge on any atom is -0.377 e. The molecular formula is C23H28N2O3. The Morgan fingerprint density at radius 2 is 1.79 bits per heavy atom. The van der Waals surface area contributed by atoms with Gasteiger partial charge in [0.05, 0.1) is 19.3 Å². The van der Waals surface area contributed by atoms with Gasteiger partial charge in [-0.15, -0.1) is 0 Å². The number of carbonyl (C=O) groups excluding carboxylic acids is 2. The molecule has 1 saturated heterocycles. The fraction of sp³-hybridized carbons (Fsp3) is 0.391. The van der Waals surface area contributed by atoms with Gasteiger partial charge in [-0.2, -0.15) is 0 Å². The molecule has 1 heterocycles. The van der Waals surface area contributed by atoms with Gasteiger partial charge in [-0.1, -0.05) is 39.0 Å². The number of nitrogens with one attached hydrogen (secondary N) is 1. The third-order valence-electron chi connectivity index (χ3n) is 5.01. The first-order valence-corrected chi connectivity index (χ1v) is 9.66. The number of rotatable bonds is 3. The zero-order valence-electron chi connectivity index (χ0n) is 17.0. The molecule has 1 fully saturated rings. The molecule has 1 aliphatic heterocycles. The predicted octanol–water partition coefficient (Wildman–Crippen LogP) is 4.10. The van der Waals surface area contributed by atoms with Gasteiger partial charge >= 0.3 is 0 Å². The van der Waals surface area contributed by atoms with Crippen molar-refractivity contribution in [3.05, 3.63) is 65.2 Å². The molecule has 28 heavy (non-hydrogen) atoms. The van der Waals surface area contributed by atoms with E-state index < -0.39 is 0 Å². The highest BCUT2D eigenvalue weighted by Gasteiger charge is 2.25. The van der Waals surface area contributed by atoms with Crippen molar-refractivity contribution in [1.82, 2.24) is 4.90 Å². The summed E-state index contributed by atoms with van der Waals surface area (Å²) in [4.78, 5) is 27.2. The number of benzene rings is 2. The standard InChI is InChI=1S/C23H28N2O3/c1-16-15-28-13-12-25(16)22(27)18-6-5-7-20(14-18)24-21(26)17-8-10-19(11-9-17)23(2,3)4/h5-11,14,16H,12-13,15H2,1-4H3,(H,24,26). The smallest absolute Gasteiger partial charge is 0.255 e. The van der Waals surface area contributed by atoms with Crippen LogP contribution in [0.5, 0.6) is 0 Å². The average molecular weight is 380 g/mol. The largest absolute Gasteiger partial charge is 0.377 e. The summed E-state index contributed by atoms with van der Waals surface area (Å²) in [7, 11) is 0. The van der Waals surface area contributed by atoms with Crippen molar-refractivity contribution in [3.63, 3.8) is 0 Å². The number of amides is 2. The Kier molecular flexibility index (Phi) is 5.84. The van der Waals surface area contributed by atoms with Crippen LogP contribution in [0.1, 0.15) is 54.0 Å². The van der Waals surface area contributed by atoms with Crippen LogP contribution in [0, 0.1) is 0 Å². The molecule has 148 valence electrons. The van der Waals surface area contributed by atoms with Gasteiger partial charge in [0.2, 0.25) is 0 Å². The van der Waals surface area contributed by atoms with Crippen molar-refractivity contribution in [3.8, 4) is 0 Å². The molecule has 1 aliphatic rings. The van der Waals surface area contributed by atoms with E-state index in [-0.39, 0.29) is 23.3 Å². The summed E-state index contributed by atoms with van der Waals surface area (Å²) in [6, 6.07) is 14.8. The number of hydrogen-bond donors (Lipinski definition) is 1. The van der Waals surface area contributed by atoms with Crippen LogP contribution in [0.2, 0.25) is 0 Å². The summed E-state index contributed by atoms with van der Waals surface area (Å²) in [5, 5.41) is 2.89. The second kappa shape index (κ2) is 8.15. The lowest BCUT2D eigenvalue weighted by Crippen LogP contribution is -2.47. The van der Waals surface area contributed by atoms with Crippen molar-refractivity contribution in [1.29, 1.82) is 0 Å². The maximum Gasteiger partial charge on any atom is 0.255 e. The lowest BCUT2D eigenvalue weighted by Gasteiger charge is -2.33. The molecule has 3 rings (SSSR count). The minimum absolute atomic E-state index is 0.0403. The highest BCUT2D eigenvalue weighted by Crippen LogP contribution is 2.23. The van der Waals surface area contributed by atoms with Crippen molar-refractivity contribution in [2.24, 2.45) is 0 Å². The van der Waals surface area contributed by atoms with Crippen LogP contribution < -0.4 is 5.32 Å². The summed E-state index contributed by atoms with van der Waals surface area (Å²) < 4.78 is 5.40. The topological polar surface area (TPSA) is 58.6 Å². The van der Waals surface area contributed by atoms with E-state index in [1.807, 2.05) is 36.1 Å². The fourth-order valence-corrected chi connectivity index (χ4v) is 3.25. The zero-order valence-corrected chi connectivity index (χ0v) is 17.0. The Balaban J connectivity index is 1.72. The van der Waals surface area contributed by atoms with Crippen molar-refractivity contribution < 1.29 is 14.3 Å². The van der Waals surface area contributed by atoms with Crippen LogP contribution in [-0.4, -0.2) is 42.5 Å². The molecule has 0 aliphatic carbocycles. The van der Waals surface area contributed by atoms with Crippen LogP contribution in [0.25, 0.3) is 0 Å². The Morgan fingerprint density at radius 1 is 1.07 bits per heavy atom. The van der Waals surface area contributed by atoms with E-state index in [0.29, 0.717) is 36.6 Å². The van der Waals surface area contributed by atoms with Crippen LogP contribution in [-0.2, 0) is 10.2 Å². The number of carbonyl (C=O) groups is 2. The fourth-order valence-electron chi connectivity index (χ4n) is 3.25. The normalized spacial score (nSPS) is 17.3. The second-order valence-corrected chi connectivity index (χ2v) is 8.28. The Bertz CT molecular complexity index is 853. The highest BCUT2D eigenvalue weighted by molar-refractivity contribution is 6.05. The molecular weight excluding hydrogens is 352 g/mol. The van der Waals surface area contributed by atoms with Gasteiger partial charge in [0.15, 0.2) is 0 Å². The quantitative estimate of drug-likeness (QED) is 0.872. The summed E-state index contributed by atoms with van der Waals surface area (Å²) in [6.07, 6.45) is 0. The molecule has 0 bridgehead atoms. The maximum atomic E-state index is 12.8. The van der Waals surface area contributed by atoms with Gasteiger partial charge in [0, 0.05) is 23.4 Å². The van der Waals surface area contributed by atoms with Gasteiger partial charge in [0.25, 0.3) is 11.8 Å². The summed E-state index contributed by atoms with van der Waals surface area (Å²) >= 11 is 0. The molecule has 0 saturated carbocycles. The molecule has 2 aromatic carbocycles. The third-order valence-corrected chi connectivity index (χ3v) is 5.01. The number of nitrogens with zero attached hydrogens (tertiary/aromatic N) is 1. The van der Waals surface area contributed by atoms with E-state index in [0.717, 1.165) is 0 Å². The monoisotopic (exact) mass is 380 g/mol. The summed E-state index contributed by atoms with van der Waals surface area (Å²) in [6.45, 7) is 10.1. The van der Waals surface area contributed by atoms with Crippen LogP contribution in [0.15, 0.2) is 48.5 Å². The van der Waals surface area contributed by atoms with Crippen LogP contribution in [0.4, 0.5) is 5.69 Å². The third kappa shape index (κ3) is 4.60. The Morgan fingerprint density at radius 3 is 2.43 bits per heavy atom. The predicted molar refractivity (Wildman–Crippen MR) is 111 cm³/mol. The SMILES string of the molecule is CC1COCCN1C(=O)c1cccc(NC(=O)c2ccc(C(C)(C)C)cc2)c1. The van der Waals surface area contributed by atoms with Crippen molar-refractivity contribution in [2.45, 2.75) is 39.2 Å². The zero-order chi connectivity index (χ0) is 20.3. The van der Waals surface area contributed by atoms with Crippen LogP contribution in [0.3, 0.4) is 0 Å². The van der Waals surface area contributed by atoms with E-state index in [4.69, 9.17) is 4.74 Å². The van der Waals surface area contributed by atoms with Gasteiger partial charge in [0.1, 0.15) is 0 Å². The highest BCUT2D eigenvalue weighted by atomic mass is 16.5. The molecule has 1 N–H and O–H groups in total. The number of anilines is 1. The number of ether oxygens (including phenoxy) is 1. The van der Waals surface area contributed by atoms with Gasteiger partial charge < -0.3 is 15.0 Å². The molecule has 0 radical (unpaired) electrons. The van der Waals surface area contributed by atoms with Gasteiger partial charge in [-0.3, -0.25) is 9.59 Å². The average Bonchev–Trinajstić information content (AvgIpc) is 2.67. The first-order valence-electron chi connectivity index (χ1n) is 9.66. The lowest BCUT2D eigenvalue weighted by atomic mass is 9.87. The molecule has 2 amide bonds. The van der Waals surface area contributed by atoms with Crippen molar-refractivity contribution >= 4 is 17.5 Å². The molecule has 0 spiro atoms. The van der Waals surface area contributed by atoms with Gasteiger partial charge in [-0.05, 0) is 48.2 Å². The summed E-state index contributed by atoms with van der Waals surface area (Å²) in [5.41, 5.74) is 2.98. The first-order chi connectivity index (χ1) is 13.3. The van der Waals surface area contributed by atoms with Crippen LogP contribution >= 0.6 is 0 Å². The Hall–Kier alpha value is -2.66. The Labute approximate surface area is 166 Å². The van der Waals surface area contributed by atoms with E-state index in [1.165, 1.54) is 5.56 Å². The van der Waals surface area contributed by atoms with E-state index >= 15 is 0 Å². The summed E-state index contributed by atoms with van der Waals surface area (Å²) in [5.74, 6) is -0.230. The van der Waals surface area contributed by atoms with E-state index in [9.17, 15) is 9.59 Å². The molecule has 5 nitrogen and oxygen atoms in total.